The molecule has 0 fully saturated rings. The van der Waals surface area contributed by atoms with Crippen molar-refractivity contribution in [3.63, 3.8) is 0 Å². The average molecular weight is 425 g/mol. The maximum Gasteiger partial charge on any atom is 0.245 e. The standard InChI is InChI=1S/C20H25ClN2O4S/c1-14(2)13-27-19-10-9-16(11-17(19)21)22-20(24)12-23(28(4,25)26)18-8-6-5-7-15(18)3/h5-11,14H,12-13H2,1-4H3,(H,22,24). The summed E-state index contributed by atoms with van der Waals surface area (Å²) in [6.07, 6.45) is 1.07. The van der Waals surface area contributed by atoms with E-state index in [0.29, 0.717) is 34.7 Å². The normalized spacial score (nSPS) is 11.4. The number of nitrogens with zero attached hydrogens (tertiary/aromatic N) is 1. The lowest BCUT2D eigenvalue weighted by atomic mass is 10.2. The summed E-state index contributed by atoms with van der Waals surface area (Å²) in [6, 6.07) is 11.9. The van der Waals surface area contributed by atoms with Crippen LogP contribution in [0.2, 0.25) is 5.02 Å². The summed E-state index contributed by atoms with van der Waals surface area (Å²) in [5, 5.41) is 3.05. The Bertz CT molecular complexity index is 945. The fraction of sp³-hybridized carbons (Fsp3) is 0.350. The maximum absolute atomic E-state index is 12.5. The molecule has 152 valence electrons. The summed E-state index contributed by atoms with van der Waals surface area (Å²) in [5.74, 6) is 0.422. The zero-order valence-electron chi connectivity index (χ0n) is 16.4. The van der Waals surface area contributed by atoms with Crippen molar-refractivity contribution in [2.24, 2.45) is 5.92 Å². The molecule has 0 heterocycles. The lowest BCUT2D eigenvalue weighted by Gasteiger charge is -2.23. The average Bonchev–Trinajstić information content (AvgIpc) is 2.58. The van der Waals surface area contributed by atoms with Crippen molar-refractivity contribution in [2.75, 3.05) is 29.0 Å². The van der Waals surface area contributed by atoms with Gasteiger partial charge in [-0.1, -0.05) is 43.6 Å². The largest absolute Gasteiger partial charge is 0.492 e. The molecule has 6 nitrogen and oxygen atoms in total. The van der Waals surface area contributed by atoms with Gasteiger partial charge in [0.2, 0.25) is 15.9 Å². The van der Waals surface area contributed by atoms with E-state index >= 15 is 0 Å². The summed E-state index contributed by atoms with van der Waals surface area (Å²) in [7, 11) is -3.63. The van der Waals surface area contributed by atoms with E-state index in [1.54, 1.807) is 43.3 Å². The number of hydrogen-bond acceptors (Lipinski definition) is 4. The lowest BCUT2D eigenvalue weighted by Crippen LogP contribution is -2.37. The third kappa shape index (κ3) is 6.14. The Morgan fingerprint density at radius 3 is 2.46 bits per heavy atom. The molecule has 0 aliphatic carbocycles. The molecule has 0 aliphatic rings. The number of para-hydroxylation sites is 1. The van der Waals surface area contributed by atoms with E-state index in [9.17, 15) is 13.2 Å². The number of sulfonamides is 1. The molecule has 0 bridgehead atoms. The van der Waals surface area contributed by atoms with Crippen LogP contribution in [0.4, 0.5) is 11.4 Å². The number of ether oxygens (including phenoxy) is 1. The number of carbonyl (C=O) groups excluding carboxylic acids is 1. The van der Waals surface area contributed by atoms with Crippen LogP contribution in [0.25, 0.3) is 0 Å². The number of rotatable bonds is 8. The molecule has 0 saturated heterocycles. The van der Waals surface area contributed by atoms with Crippen LogP contribution in [-0.4, -0.2) is 33.7 Å². The first kappa shape index (κ1) is 22.0. The monoisotopic (exact) mass is 424 g/mol. The Morgan fingerprint density at radius 1 is 1.21 bits per heavy atom. The molecule has 0 saturated carbocycles. The number of nitrogens with one attached hydrogen (secondary N) is 1. The van der Waals surface area contributed by atoms with Crippen molar-refractivity contribution < 1.29 is 17.9 Å². The molecule has 0 radical (unpaired) electrons. The summed E-state index contributed by atoms with van der Waals surface area (Å²) in [6.45, 7) is 6.05. The molecule has 0 unspecified atom stereocenters. The second-order valence-electron chi connectivity index (χ2n) is 6.95. The summed E-state index contributed by atoms with van der Waals surface area (Å²) >= 11 is 6.21. The van der Waals surface area contributed by atoms with Crippen LogP contribution < -0.4 is 14.4 Å². The smallest absolute Gasteiger partial charge is 0.245 e. The molecule has 1 N–H and O–H groups in total. The minimum absolute atomic E-state index is 0.340. The minimum Gasteiger partial charge on any atom is -0.492 e. The van der Waals surface area contributed by atoms with Gasteiger partial charge in [0.15, 0.2) is 0 Å². The van der Waals surface area contributed by atoms with Gasteiger partial charge < -0.3 is 10.1 Å². The van der Waals surface area contributed by atoms with Gasteiger partial charge in [-0.05, 0) is 42.7 Å². The molecule has 1 amide bonds. The van der Waals surface area contributed by atoms with Gasteiger partial charge >= 0.3 is 0 Å². The summed E-state index contributed by atoms with van der Waals surface area (Å²) < 4.78 is 31.1. The molecule has 2 aromatic rings. The van der Waals surface area contributed by atoms with Crippen LogP contribution in [0.15, 0.2) is 42.5 Å². The Labute approximate surface area is 171 Å². The van der Waals surface area contributed by atoms with Crippen LogP contribution in [0, 0.1) is 12.8 Å². The van der Waals surface area contributed by atoms with Gasteiger partial charge in [-0.25, -0.2) is 8.42 Å². The molecule has 0 atom stereocenters. The Kier molecular flexibility index (Phi) is 7.32. The molecule has 0 aromatic heterocycles. The molecule has 28 heavy (non-hydrogen) atoms. The van der Waals surface area contributed by atoms with Crippen LogP contribution >= 0.6 is 11.6 Å². The first-order valence-electron chi connectivity index (χ1n) is 8.83. The predicted octanol–water partition coefficient (Wildman–Crippen LogP) is 4.09. The first-order chi connectivity index (χ1) is 13.1. The molecular weight excluding hydrogens is 400 g/mol. The third-order valence-electron chi connectivity index (χ3n) is 3.86. The predicted molar refractivity (Wildman–Crippen MR) is 114 cm³/mol. The summed E-state index contributed by atoms with van der Waals surface area (Å²) in [5.41, 5.74) is 1.69. The fourth-order valence-electron chi connectivity index (χ4n) is 2.51. The number of hydrogen-bond donors (Lipinski definition) is 1. The van der Waals surface area contributed by atoms with Crippen LogP contribution in [0.5, 0.6) is 5.75 Å². The molecular formula is C20H25ClN2O4S. The van der Waals surface area contributed by atoms with Crippen LogP contribution in [0.3, 0.4) is 0 Å². The molecule has 0 aliphatic heterocycles. The van der Waals surface area contributed by atoms with Crippen molar-refractivity contribution >= 4 is 38.9 Å². The highest BCUT2D eigenvalue weighted by Crippen LogP contribution is 2.28. The molecule has 0 spiro atoms. The second-order valence-corrected chi connectivity index (χ2v) is 9.27. The zero-order valence-corrected chi connectivity index (χ0v) is 18.0. The Balaban J connectivity index is 2.13. The number of halogens is 1. The van der Waals surface area contributed by atoms with Gasteiger partial charge in [0, 0.05) is 5.69 Å². The number of carbonyl (C=O) groups is 1. The highest BCUT2D eigenvalue weighted by atomic mass is 35.5. The van der Waals surface area contributed by atoms with Crippen molar-refractivity contribution in [3.8, 4) is 5.75 Å². The van der Waals surface area contributed by atoms with E-state index in [0.717, 1.165) is 16.1 Å². The molecule has 8 heteroatoms. The first-order valence-corrected chi connectivity index (χ1v) is 11.1. The van der Waals surface area contributed by atoms with E-state index < -0.39 is 15.9 Å². The van der Waals surface area contributed by atoms with E-state index in [2.05, 4.69) is 5.32 Å². The van der Waals surface area contributed by atoms with Gasteiger partial charge in [-0.2, -0.15) is 0 Å². The van der Waals surface area contributed by atoms with Gasteiger partial charge in [0.25, 0.3) is 0 Å². The van der Waals surface area contributed by atoms with Crippen LogP contribution in [0.1, 0.15) is 19.4 Å². The van der Waals surface area contributed by atoms with Gasteiger partial charge in [0.05, 0.1) is 23.6 Å². The van der Waals surface area contributed by atoms with E-state index in [-0.39, 0.29) is 6.54 Å². The number of aryl methyl sites for hydroxylation is 1. The van der Waals surface area contributed by atoms with Crippen molar-refractivity contribution in [2.45, 2.75) is 20.8 Å². The number of amides is 1. The van der Waals surface area contributed by atoms with Crippen molar-refractivity contribution in [3.05, 3.63) is 53.1 Å². The number of anilines is 2. The van der Waals surface area contributed by atoms with Crippen molar-refractivity contribution in [1.82, 2.24) is 0 Å². The zero-order chi connectivity index (χ0) is 20.9. The quantitative estimate of drug-likeness (QED) is 0.692. The number of benzene rings is 2. The lowest BCUT2D eigenvalue weighted by molar-refractivity contribution is -0.114. The van der Waals surface area contributed by atoms with Gasteiger partial charge in [-0.3, -0.25) is 9.10 Å². The highest BCUT2D eigenvalue weighted by Gasteiger charge is 2.22. The van der Waals surface area contributed by atoms with Crippen LogP contribution in [-0.2, 0) is 14.8 Å². The maximum atomic E-state index is 12.5. The second kappa shape index (κ2) is 9.30. The molecule has 2 rings (SSSR count). The highest BCUT2D eigenvalue weighted by molar-refractivity contribution is 7.92. The Hall–Kier alpha value is -2.25. The minimum atomic E-state index is -3.63. The van der Waals surface area contributed by atoms with E-state index in [1.165, 1.54) is 0 Å². The topological polar surface area (TPSA) is 75.7 Å². The third-order valence-corrected chi connectivity index (χ3v) is 5.28. The fourth-order valence-corrected chi connectivity index (χ4v) is 3.66. The van der Waals surface area contributed by atoms with E-state index in [4.69, 9.17) is 16.3 Å². The van der Waals surface area contributed by atoms with Crippen molar-refractivity contribution in [1.29, 1.82) is 0 Å². The van der Waals surface area contributed by atoms with Gasteiger partial charge in [0.1, 0.15) is 12.3 Å². The van der Waals surface area contributed by atoms with Gasteiger partial charge in [-0.15, -0.1) is 0 Å². The Morgan fingerprint density at radius 2 is 1.89 bits per heavy atom. The molecule has 2 aromatic carbocycles. The SMILES string of the molecule is Cc1ccccc1N(CC(=O)Nc1ccc(OCC(C)C)c(Cl)c1)S(C)(=O)=O. The van der Waals surface area contributed by atoms with E-state index in [1.807, 2.05) is 19.9 Å². The summed E-state index contributed by atoms with van der Waals surface area (Å²) in [4.78, 5) is 12.5.